The van der Waals surface area contributed by atoms with E-state index in [1.54, 1.807) is 6.07 Å². The molecule has 0 aliphatic carbocycles. The van der Waals surface area contributed by atoms with Crippen molar-refractivity contribution in [3.8, 4) is 0 Å². The lowest BCUT2D eigenvalue weighted by Crippen LogP contribution is -2.45. The number of halogens is 3. The predicted octanol–water partition coefficient (Wildman–Crippen LogP) is 3.23. The van der Waals surface area contributed by atoms with Gasteiger partial charge in [0.25, 0.3) is 0 Å². The lowest BCUT2D eigenvalue weighted by atomic mass is 9.73. The molecule has 0 radical (unpaired) electrons. The molecular formula is C16H20F3NO2S. The highest BCUT2D eigenvalue weighted by molar-refractivity contribution is 7.99. The Morgan fingerprint density at radius 1 is 1.35 bits per heavy atom. The summed E-state index contributed by atoms with van der Waals surface area (Å²) < 4.78 is 44.3. The van der Waals surface area contributed by atoms with Crippen molar-refractivity contribution in [2.24, 2.45) is 0 Å². The van der Waals surface area contributed by atoms with Crippen LogP contribution in [-0.4, -0.2) is 37.7 Å². The summed E-state index contributed by atoms with van der Waals surface area (Å²) in [5.74, 6) is 0.241. The molecule has 0 aromatic heterocycles. The van der Waals surface area contributed by atoms with E-state index in [-0.39, 0.29) is 5.91 Å². The number of hydrogen-bond donors (Lipinski definition) is 1. The third kappa shape index (κ3) is 4.64. The third-order valence-corrected chi connectivity index (χ3v) is 4.70. The molecule has 1 aromatic rings. The molecule has 7 heteroatoms. The first-order chi connectivity index (χ1) is 10.9. The summed E-state index contributed by atoms with van der Waals surface area (Å²) in [5, 5.41) is 2.85. The van der Waals surface area contributed by atoms with Gasteiger partial charge in [0.15, 0.2) is 0 Å². The van der Waals surface area contributed by atoms with Gasteiger partial charge in [0, 0.05) is 25.2 Å². The Kier molecular flexibility index (Phi) is 5.97. The van der Waals surface area contributed by atoms with Crippen molar-refractivity contribution >= 4 is 17.7 Å². The van der Waals surface area contributed by atoms with Crippen molar-refractivity contribution in [3.05, 3.63) is 35.4 Å². The van der Waals surface area contributed by atoms with Crippen LogP contribution in [0.3, 0.4) is 0 Å². The Balaban J connectivity index is 2.25. The minimum Gasteiger partial charge on any atom is -0.381 e. The molecule has 128 valence electrons. The van der Waals surface area contributed by atoms with E-state index in [0.29, 0.717) is 43.9 Å². The lowest BCUT2D eigenvalue weighted by molar-refractivity contribution is -0.137. The highest BCUT2D eigenvalue weighted by atomic mass is 32.2. The summed E-state index contributed by atoms with van der Waals surface area (Å²) in [6.45, 7) is 1.29. The Bertz CT molecular complexity index is 542. The number of alkyl halides is 3. The van der Waals surface area contributed by atoms with Gasteiger partial charge in [0.05, 0.1) is 11.3 Å². The van der Waals surface area contributed by atoms with Crippen LogP contribution in [0.15, 0.2) is 24.3 Å². The summed E-state index contributed by atoms with van der Waals surface area (Å²) in [6, 6.07) is 5.41. The standard InChI is InChI=1S/C16H20F3NO2S/c1-23-10-14(21)20-11-15(5-7-22-8-6-15)12-3-2-4-13(9-12)16(17,18)19/h2-4,9H,5-8,10-11H2,1H3,(H,20,21). The largest absolute Gasteiger partial charge is 0.416 e. The van der Waals surface area contributed by atoms with Gasteiger partial charge in [-0.05, 0) is 30.7 Å². The topological polar surface area (TPSA) is 38.3 Å². The van der Waals surface area contributed by atoms with Gasteiger partial charge in [0.2, 0.25) is 5.91 Å². The Morgan fingerprint density at radius 3 is 2.65 bits per heavy atom. The summed E-state index contributed by atoms with van der Waals surface area (Å²) >= 11 is 1.41. The maximum Gasteiger partial charge on any atom is 0.416 e. The fourth-order valence-electron chi connectivity index (χ4n) is 2.80. The average molecular weight is 347 g/mol. The van der Waals surface area contributed by atoms with Crippen LogP contribution in [0.4, 0.5) is 13.2 Å². The number of carbonyl (C=O) groups is 1. The third-order valence-electron chi connectivity index (χ3n) is 4.15. The van der Waals surface area contributed by atoms with Gasteiger partial charge >= 0.3 is 6.18 Å². The molecule has 1 aromatic carbocycles. The SMILES string of the molecule is CSCC(=O)NCC1(c2cccc(C(F)(F)F)c2)CCOCC1. The number of ether oxygens (including phenoxy) is 1. The van der Waals surface area contributed by atoms with Crippen LogP contribution in [0, 0.1) is 0 Å². The maximum atomic E-state index is 13.0. The molecule has 0 spiro atoms. The van der Waals surface area contributed by atoms with Gasteiger partial charge in [0.1, 0.15) is 0 Å². The molecule has 2 rings (SSSR count). The predicted molar refractivity (Wildman–Crippen MR) is 84.6 cm³/mol. The average Bonchev–Trinajstić information content (AvgIpc) is 2.53. The van der Waals surface area contributed by atoms with E-state index >= 15 is 0 Å². The van der Waals surface area contributed by atoms with E-state index < -0.39 is 17.2 Å². The van der Waals surface area contributed by atoms with Crippen LogP contribution < -0.4 is 5.32 Å². The first-order valence-electron chi connectivity index (χ1n) is 7.38. The number of nitrogens with one attached hydrogen (secondary N) is 1. The quantitative estimate of drug-likeness (QED) is 0.889. The zero-order valence-corrected chi connectivity index (χ0v) is 13.7. The van der Waals surface area contributed by atoms with Gasteiger partial charge in [-0.15, -0.1) is 0 Å². The molecular weight excluding hydrogens is 327 g/mol. The minimum atomic E-state index is -4.37. The zero-order chi connectivity index (χ0) is 16.9. The Labute approximate surface area is 138 Å². The molecule has 1 aliphatic heterocycles. The fraction of sp³-hybridized carbons (Fsp3) is 0.562. The Morgan fingerprint density at radius 2 is 2.04 bits per heavy atom. The van der Waals surface area contributed by atoms with Gasteiger partial charge in [-0.1, -0.05) is 18.2 Å². The normalized spacial score (nSPS) is 17.7. The second-order valence-corrected chi connectivity index (χ2v) is 6.55. The van der Waals surface area contributed by atoms with E-state index in [9.17, 15) is 18.0 Å². The summed E-state index contributed by atoms with van der Waals surface area (Å²) in [5.41, 5.74) is -0.551. The van der Waals surface area contributed by atoms with Crippen LogP contribution in [0.1, 0.15) is 24.0 Å². The van der Waals surface area contributed by atoms with Crippen LogP contribution in [0.25, 0.3) is 0 Å². The highest BCUT2D eigenvalue weighted by Crippen LogP contribution is 2.37. The van der Waals surface area contributed by atoms with E-state index in [1.165, 1.54) is 23.9 Å². The van der Waals surface area contributed by atoms with Crippen molar-refractivity contribution in [1.29, 1.82) is 0 Å². The van der Waals surface area contributed by atoms with Crippen LogP contribution in [-0.2, 0) is 21.1 Å². The molecule has 1 saturated heterocycles. The van der Waals surface area contributed by atoms with E-state index in [4.69, 9.17) is 4.74 Å². The van der Waals surface area contributed by atoms with Crippen molar-refractivity contribution in [1.82, 2.24) is 5.32 Å². The number of benzene rings is 1. The molecule has 1 fully saturated rings. The summed E-state index contributed by atoms with van der Waals surface area (Å²) in [6.07, 6.45) is -1.36. The zero-order valence-electron chi connectivity index (χ0n) is 12.9. The lowest BCUT2D eigenvalue weighted by Gasteiger charge is -2.38. The van der Waals surface area contributed by atoms with E-state index in [2.05, 4.69) is 5.32 Å². The monoisotopic (exact) mass is 347 g/mol. The molecule has 23 heavy (non-hydrogen) atoms. The molecule has 1 N–H and O–H groups in total. The molecule has 1 amide bonds. The van der Waals surface area contributed by atoms with Gasteiger partial charge < -0.3 is 10.1 Å². The molecule has 1 aliphatic rings. The molecule has 0 unspecified atom stereocenters. The number of amides is 1. The first kappa shape index (κ1) is 18.1. The number of hydrogen-bond acceptors (Lipinski definition) is 3. The van der Waals surface area contributed by atoms with Crippen LogP contribution in [0.5, 0.6) is 0 Å². The van der Waals surface area contributed by atoms with E-state index in [0.717, 1.165) is 6.07 Å². The van der Waals surface area contributed by atoms with Crippen LogP contribution in [0.2, 0.25) is 0 Å². The fourth-order valence-corrected chi connectivity index (χ4v) is 3.17. The first-order valence-corrected chi connectivity index (χ1v) is 8.78. The van der Waals surface area contributed by atoms with Crippen LogP contribution >= 0.6 is 11.8 Å². The molecule has 3 nitrogen and oxygen atoms in total. The minimum absolute atomic E-state index is 0.102. The van der Waals surface area contributed by atoms with Crippen molar-refractivity contribution in [3.63, 3.8) is 0 Å². The van der Waals surface area contributed by atoms with Gasteiger partial charge in [-0.3, -0.25) is 4.79 Å². The van der Waals surface area contributed by atoms with Crippen molar-refractivity contribution in [2.75, 3.05) is 31.8 Å². The number of carbonyl (C=O) groups excluding carboxylic acids is 1. The molecule has 1 heterocycles. The smallest absolute Gasteiger partial charge is 0.381 e. The Hall–Kier alpha value is -1.21. The number of rotatable bonds is 5. The summed E-state index contributed by atoms with van der Waals surface area (Å²) in [7, 11) is 0. The molecule has 0 bridgehead atoms. The molecule has 0 atom stereocenters. The highest BCUT2D eigenvalue weighted by Gasteiger charge is 2.37. The second-order valence-electron chi connectivity index (χ2n) is 5.68. The van der Waals surface area contributed by atoms with Gasteiger partial charge in [-0.2, -0.15) is 24.9 Å². The van der Waals surface area contributed by atoms with E-state index in [1.807, 2.05) is 6.26 Å². The second kappa shape index (κ2) is 7.57. The maximum absolute atomic E-state index is 13.0. The van der Waals surface area contributed by atoms with Crippen molar-refractivity contribution in [2.45, 2.75) is 24.4 Å². The van der Waals surface area contributed by atoms with Gasteiger partial charge in [-0.25, -0.2) is 0 Å². The number of thioether (sulfide) groups is 1. The van der Waals surface area contributed by atoms with Crippen molar-refractivity contribution < 1.29 is 22.7 Å². The molecule has 0 saturated carbocycles. The summed E-state index contributed by atoms with van der Waals surface area (Å²) in [4.78, 5) is 11.7.